The van der Waals surface area contributed by atoms with Crippen LogP contribution in [-0.2, 0) is 35.5 Å². The van der Waals surface area contributed by atoms with Crippen LogP contribution in [0.15, 0.2) is 116 Å². The zero-order valence-corrected chi connectivity index (χ0v) is 33.0. The molecule has 1 aliphatic rings. The number of nitrogens with zero attached hydrogens (tertiary/aromatic N) is 2. The Morgan fingerprint density at radius 2 is 1.36 bits per heavy atom. The number of benzene rings is 3. The first-order valence-electron chi connectivity index (χ1n) is 20.2. The first-order chi connectivity index (χ1) is 27.2. The first kappa shape index (κ1) is 41.9. The first-order valence-corrected chi connectivity index (χ1v) is 20.2. The normalized spacial score (nSPS) is 15.9. The number of H-pyrrole nitrogens is 1. The summed E-state index contributed by atoms with van der Waals surface area (Å²) in [5, 5.41) is 20.9. The van der Waals surface area contributed by atoms with Gasteiger partial charge in [0.05, 0.1) is 24.2 Å². The van der Waals surface area contributed by atoms with Crippen LogP contribution in [0.1, 0.15) is 81.2 Å². The van der Waals surface area contributed by atoms with Gasteiger partial charge in [-0.1, -0.05) is 143 Å². The van der Waals surface area contributed by atoms with Crippen molar-refractivity contribution in [3.05, 3.63) is 139 Å². The number of amides is 4. The van der Waals surface area contributed by atoms with Gasteiger partial charge in [0.15, 0.2) is 0 Å². The van der Waals surface area contributed by atoms with Crippen LogP contribution in [-0.4, -0.2) is 62.0 Å². The Hall–Kier alpha value is -5.22. The van der Waals surface area contributed by atoms with E-state index in [4.69, 9.17) is 0 Å². The maximum atomic E-state index is 14.4. The van der Waals surface area contributed by atoms with Gasteiger partial charge in [-0.25, -0.2) is 9.78 Å². The molecule has 1 aromatic heterocycles. The minimum absolute atomic E-state index is 0.0843. The lowest BCUT2D eigenvalue weighted by Crippen LogP contribution is -2.58. The summed E-state index contributed by atoms with van der Waals surface area (Å²) < 4.78 is 0. The standard InChI is InChI=1S/C46H60N6O4/c1-4-38(33(2)3)27-43(53)40(25-34-17-9-5-10-18-34)49-45(55)42(28-39-29-47-32-48-39)50-44(54)41(26-35-19-11-6-12-20-35)51-46(56)52(30-36-21-13-7-14-22-36)31-37-23-15-8-16-24-37/h4,6-8,11-16,19-24,29,32-34,38,40-43,53H,1,5,9-10,17-18,25-28,30-31H2,2-3H3,(H,47,48)(H,49,55)(H,50,54)(H,51,56)/t38-,40-,41-,42-,43+/m0/s1. The van der Waals surface area contributed by atoms with Crippen LogP contribution in [0.3, 0.4) is 0 Å². The van der Waals surface area contributed by atoms with Crippen LogP contribution < -0.4 is 16.0 Å². The molecule has 1 heterocycles. The third-order valence-corrected chi connectivity index (χ3v) is 11.0. The summed E-state index contributed by atoms with van der Waals surface area (Å²) >= 11 is 0. The number of carbonyl (C=O) groups is 3. The van der Waals surface area contributed by atoms with E-state index in [0.717, 1.165) is 42.4 Å². The number of aromatic amines is 1. The number of hydrogen-bond acceptors (Lipinski definition) is 5. The molecule has 0 spiro atoms. The highest BCUT2D eigenvalue weighted by molar-refractivity contribution is 5.92. The second-order valence-corrected chi connectivity index (χ2v) is 15.6. The zero-order valence-electron chi connectivity index (χ0n) is 33.0. The summed E-state index contributed by atoms with van der Waals surface area (Å²) in [6.07, 6.45) is 11.4. The molecule has 3 aromatic carbocycles. The molecule has 5 rings (SSSR count). The summed E-state index contributed by atoms with van der Waals surface area (Å²) in [5.74, 6) is -0.132. The summed E-state index contributed by atoms with van der Waals surface area (Å²) in [7, 11) is 0. The Labute approximate surface area is 332 Å². The Morgan fingerprint density at radius 1 is 0.804 bits per heavy atom. The quantitative estimate of drug-likeness (QED) is 0.0611. The molecular formula is C46H60N6O4. The van der Waals surface area contributed by atoms with Crippen molar-refractivity contribution in [2.24, 2.45) is 17.8 Å². The van der Waals surface area contributed by atoms with Gasteiger partial charge in [-0.15, -0.1) is 6.58 Å². The molecule has 10 nitrogen and oxygen atoms in total. The van der Waals surface area contributed by atoms with Gasteiger partial charge < -0.3 is 30.9 Å². The molecular weight excluding hydrogens is 701 g/mol. The van der Waals surface area contributed by atoms with Gasteiger partial charge in [-0.2, -0.15) is 0 Å². The molecule has 56 heavy (non-hydrogen) atoms. The van der Waals surface area contributed by atoms with E-state index in [0.29, 0.717) is 37.5 Å². The summed E-state index contributed by atoms with van der Waals surface area (Å²) in [4.78, 5) is 52.0. The molecule has 10 heteroatoms. The predicted octanol–water partition coefficient (Wildman–Crippen LogP) is 7.12. The molecule has 0 unspecified atom stereocenters. The SMILES string of the molecule is C=C[C@@H](C[C@@H](O)[C@H](CC1CCCCC1)NC(=O)[C@H](Cc1c[nH]cn1)NC(=O)[C@H](Cc1ccccc1)NC(=O)N(Cc1ccccc1)Cc1ccccc1)C(C)C. The fourth-order valence-corrected chi connectivity index (χ4v) is 7.66. The van der Waals surface area contributed by atoms with Crippen LogP contribution in [0, 0.1) is 17.8 Å². The monoisotopic (exact) mass is 760 g/mol. The molecule has 5 atom stereocenters. The average molecular weight is 761 g/mol. The van der Waals surface area contributed by atoms with Crippen LogP contribution in [0.25, 0.3) is 0 Å². The molecule has 0 aliphatic heterocycles. The number of aliphatic hydroxyl groups excluding tert-OH is 1. The van der Waals surface area contributed by atoms with Crippen LogP contribution in [0.5, 0.6) is 0 Å². The molecule has 0 saturated heterocycles. The van der Waals surface area contributed by atoms with Crippen molar-refractivity contribution in [2.75, 3.05) is 0 Å². The Kier molecular flexibility index (Phi) is 16.3. The van der Waals surface area contributed by atoms with Gasteiger partial charge in [0.25, 0.3) is 0 Å². The maximum Gasteiger partial charge on any atom is 0.318 e. The van der Waals surface area contributed by atoms with Gasteiger partial charge in [0.1, 0.15) is 12.1 Å². The van der Waals surface area contributed by atoms with Crippen LogP contribution in [0.2, 0.25) is 0 Å². The summed E-state index contributed by atoms with van der Waals surface area (Å²) in [6, 6.07) is 26.1. The van der Waals surface area contributed by atoms with Gasteiger partial charge in [-0.3, -0.25) is 9.59 Å². The second kappa shape index (κ2) is 21.8. The zero-order chi connectivity index (χ0) is 39.7. The molecule has 298 valence electrons. The lowest BCUT2D eigenvalue weighted by Gasteiger charge is -2.33. The predicted molar refractivity (Wildman–Crippen MR) is 221 cm³/mol. The highest BCUT2D eigenvalue weighted by Gasteiger charge is 2.33. The number of carbonyl (C=O) groups excluding carboxylic acids is 3. The average Bonchev–Trinajstić information content (AvgIpc) is 3.73. The molecule has 0 bridgehead atoms. The number of hydrogen-bond donors (Lipinski definition) is 5. The molecule has 4 aromatic rings. The molecule has 1 aliphatic carbocycles. The van der Waals surface area contributed by atoms with Crippen molar-refractivity contribution in [3.63, 3.8) is 0 Å². The second-order valence-electron chi connectivity index (χ2n) is 15.6. The van der Waals surface area contributed by atoms with Crippen LogP contribution >= 0.6 is 0 Å². The summed E-state index contributed by atoms with van der Waals surface area (Å²) in [5.41, 5.74) is 3.37. The van der Waals surface area contributed by atoms with E-state index in [-0.39, 0.29) is 24.7 Å². The van der Waals surface area contributed by atoms with Crippen molar-refractivity contribution in [1.82, 2.24) is 30.8 Å². The van der Waals surface area contributed by atoms with Gasteiger partial charge >= 0.3 is 6.03 Å². The largest absolute Gasteiger partial charge is 0.391 e. The van der Waals surface area contributed by atoms with Gasteiger partial charge in [-0.05, 0) is 47.3 Å². The Balaban J connectivity index is 1.39. The molecule has 0 radical (unpaired) electrons. The van der Waals surface area contributed by atoms with Crippen LogP contribution in [0.4, 0.5) is 4.79 Å². The summed E-state index contributed by atoms with van der Waals surface area (Å²) in [6.45, 7) is 8.89. The van der Waals surface area contributed by atoms with E-state index in [1.807, 2.05) is 97.1 Å². The number of nitrogens with one attached hydrogen (secondary N) is 4. The van der Waals surface area contributed by atoms with E-state index >= 15 is 0 Å². The molecule has 5 N–H and O–H groups in total. The number of rotatable bonds is 20. The van der Waals surface area contributed by atoms with Crippen molar-refractivity contribution in [3.8, 4) is 0 Å². The van der Waals surface area contributed by atoms with E-state index < -0.39 is 42.1 Å². The minimum Gasteiger partial charge on any atom is -0.391 e. The van der Waals surface area contributed by atoms with E-state index in [2.05, 4.69) is 46.3 Å². The third-order valence-electron chi connectivity index (χ3n) is 11.0. The Bertz CT molecular complexity index is 1720. The third kappa shape index (κ3) is 13.2. The maximum absolute atomic E-state index is 14.4. The van der Waals surface area contributed by atoms with Crippen molar-refractivity contribution in [2.45, 2.75) is 109 Å². The van der Waals surface area contributed by atoms with Crippen molar-refractivity contribution >= 4 is 17.8 Å². The number of allylic oxidation sites excluding steroid dienone is 1. The molecule has 4 amide bonds. The minimum atomic E-state index is -1.02. The molecule has 1 fully saturated rings. The fourth-order valence-electron chi connectivity index (χ4n) is 7.66. The number of aromatic nitrogens is 2. The highest BCUT2D eigenvalue weighted by atomic mass is 16.3. The number of urea groups is 1. The van der Waals surface area contributed by atoms with Gasteiger partial charge in [0, 0.05) is 32.1 Å². The van der Waals surface area contributed by atoms with Crippen molar-refractivity contribution in [1.29, 1.82) is 0 Å². The van der Waals surface area contributed by atoms with E-state index in [1.165, 1.54) is 12.7 Å². The van der Waals surface area contributed by atoms with Crippen molar-refractivity contribution < 1.29 is 19.5 Å². The van der Waals surface area contributed by atoms with Gasteiger partial charge in [0.2, 0.25) is 11.8 Å². The lowest BCUT2D eigenvalue weighted by atomic mass is 9.81. The van der Waals surface area contributed by atoms with E-state index in [1.54, 1.807) is 11.1 Å². The highest BCUT2D eigenvalue weighted by Crippen LogP contribution is 2.30. The lowest BCUT2D eigenvalue weighted by molar-refractivity contribution is -0.131. The topological polar surface area (TPSA) is 139 Å². The number of aliphatic hydroxyl groups is 1. The molecule has 1 saturated carbocycles. The smallest absolute Gasteiger partial charge is 0.318 e. The number of imidazole rings is 1. The van der Waals surface area contributed by atoms with E-state index in [9.17, 15) is 19.5 Å². The fraction of sp³-hybridized carbons (Fsp3) is 0.435. The Morgan fingerprint density at radius 3 is 1.89 bits per heavy atom.